The largest absolute Gasteiger partial charge is 0.382 e. The van der Waals surface area contributed by atoms with Crippen LogP contribution in [0.15, 0.2) is 18.2 Å². The summed E-state index contributed by atoms with van der Waals surface area (Å²) in [5.74, 6) is 0.478. The molecule has 1 amide bonds. The van der Waals surface area contributed by atoms with E-state index in [0.717, 1.165) is 0 Å². The fraction of sp³-hybridized carbons (Fsp3) is 0.417. The predicted octanol–water partition coefficient (Wildman–Crippen LogP) is 1.13. The highest BCUT2D eigenvalue weighted by Crippen LogP contribution is 2.27. The van der Waals surface area contributed by atoms with Crippen molar-refractivity contribution in [1.29, 1.82) is 0 Å². The molecule has 0 fully saturated rings. The van der Waals surface area contributed by atoms with Crippen LogP contribution in [0.4, 0.5) is 11.4 Å². The molecule has 1 aromatic rings. The molecule has 0 heterocycles. The Morgan fingerprint density at radius 2 is 2.15 bits per heavy atom. The van der Waals surface area contributed by atoms with Crippen molar-refractivity contribution in [2.24, 2.45) is 0 Å². The molecule has 2 N–H and O–H groups in total. The lowest BCUT2D eigenvalue weighted by Gasteiger charge is -2.09. The highest BCUT2D eigenvalue weighted by molar-refractivity contribution is 7.84. The summed E-state index contributed by atoms with van der Waals surface area (Å²) in [6, 6.07) is 4.29. The van der Waals surface area contributed by atoms with Crippen molar-refractivity contribution in [3.05, 3.63) is 33.9 Å². The van der Waals surface area contributed by atoms with E-state index in [1.165, 1.54) is 25.2 Å². The van der Waals surface area contributed by atoms with E-state index in [1.807, 2.05) is 0 Å². The van der Waals surface area contributed by atoms with Gasteiger partial charge in [0.1, 0.15) is 5.69 Å². The van der Waals surface area contributed by atoms with Crippen LogP contribution in [-0.2, 0) is 10.8 Å². The first-order valence-electron chi connectivity index (χ1n) is 6.09. The van der Waals surface area contributed by atoms with E-state index in [-0.39, 0.29) is 23.5 Å². The SMILES string of the molecule is CCS(=O)CCNC(=O)c1cccc([N+](=O)[O-])c1NC. The molecule has 0 saturated carbocycles. The zero-order chi connectivity index (χ0) is 15.1. The molecule has 110 valence electrons. The summed E-state index contributed by atoms with van der Waals surface area (Å²) in [6.45, 7) is 2.07. The van der Waals surface area contributed by atoms with Crippen LogP contribution in [0, 0.1) is 10.1 Å². The summed E-state index contributed by atoms with van der Waals surface area (Å²) in [4.78, 5) is 22.3. The van der Waals surface area contributed by atoms with Gasteiger partial charge in [-0.05, 0) is 6.07 Å². The lowest BCUT2D eigenvalue weighted by Crippen LogP contribution is -2.28. The number of rotatable bonds is 7. The van der Waals surface area contributed by atoms with Gasteiger partial charge in [0.25, 0.3) is 11.6 Å². The average molecular weight is 299 g/mol. The van der Waals surface area contributed by atoms with E-state index in [0.29, 0.717) is 11.5 Å². The third kappa shape index (κ3) is 4.02. The molecule has 0 saturated heterocycles. The molecule has 0 radical (unpaired) electrons. The summed E-state index contributed by atoms with van der Waals surface area (Å²) in [5, 5.41) is 16.2. The molecule has 20 heavy (non-hydrogen) atoms. The Labute approximate surface area is 119 Å². The van der Waals surface area contributed by atoms with Crippen molar-refractivity contribution in [2.45, 2.75) is 6.92 Å². The number of hydrogen-bond acceptors (Lipinski definition) is 5. The van der Waals surface area contributed by atoms with Crippen molar-refractivity contribution < 1.29 is 13.9 Å². The van der Waals surface area contributed by atoms with Crippen LogP contribution >= 0.6 is 0 Å². The number of nitrogens with one attached hydrogen (secondary N) is 2. The number of carbonyl (C=O) groups excluding carboxylic acids is 1. The highest BCUT2D eigenvalue weighted by Gasteiger charge is 2.20. The van der Waals surface area contributed by atoms with Gasteiger partial charge in [0, 0.05) is 42.0 Å². The second-order valence-corrected chi connectivity index (χ2v) is 5.76. The predicted molar refractivity (Wildman–Crippen MR) is 78.5 cm³/mol. The Bertz CT molecular complexity index is 533. The first-order chi connectivity index (χ1) is 9.51. The molecule has 1 atom stereocenters. The number of anilines is 1. The van der Waals surface area contributed by atoms with E-state index < -0.39 is 21.6 Å². The quantitative estimate of drug-likeness (QED) is 0.580. The molecule has 0 bridgehead atoms. The Morgan fingerprint density at radius 1 is 1.45 bits per heavy atom. The van der Waals surface area contributed by atoms with Crippen molar-refractivity contribution in [3.8, 4) is 0 Å². The van der Waals surface area contributed by atoms with Crippen LogP contribution in [0.1, 0.15) is 17.3 Å². The minimum atomic E-state index is -0.957. The topological polar surface area (TPSA) is 101 Å². The second-order valence-electron chi connectivity index (χ2n) is 3.90. The standard InChI is InChI=1S/C12H17N3O4S/c1-3-20(19)8-7-14-12(16)9-5-4-6-10(15(17)18)11(9)13-2/h4-6,13H,3,7-8H2,1-2H3,(H,14,16). The molecule has 8 heteroatoms. The lowest BCUT2D eigenvalue weighted by atomic mass is 10.1. The van der Waals surface area contributed by atoms with Gasteiger partial charge in [0.2, 0.25) is 0 Å². The van der Waals surface area contributed by atoms with Gasteiger partial charge < -0.3 is 10.6 Å². The van der Waals surface area contributed by atoms with Crippen LogP contribution in [0.2, 0.25) is 0 Å². The normalized spacial score (nSPS) is 11.7. The van der Waals surface area contributed by atoms with Crippen LogP contribution in [0.5, 0.6) is 0 Å². The number of benzene rings is 1. The molecule has 1 rings (SSSR count). The summed E-state index contributed by atoms with van der Waals surface area (Å²) in [5.41, 5.74) is 0.216. The van der Waals surface area contributed by atoms with Gasteiger partial charge in [0.05, 0.1) is 10.5 Å². The smallest absolute Gasteiger partial charge is 0.293 e. The average Bonchev–Trinajstić information content (AvgIpc) is 2.45. The van der Waals surface area contributed by atoms with Crippen molar-refractivity contribution in [1.82, 2.24) is 5.32 Å². The highest BCUT2D eigenvalue weighted by atomic mass is 32.2. The number of nitro groups is 1. The molecular weight excluding hydrogens is 282 g/mol. The van der Waals surface area contributed by atoms with Gasteiger partial charge in [0.15, 0.2) is 0 Å². The fourth-order valence-corrected chi connectivity index (χ4v) is 2.28. The van der Waals surface area contributed by atoms with E-state index >= 15 is 0 Å². The Morgan fingerprint density at radius 3 is 2.70 bits per heavy atom. The third-order valence-electron chi connectivity index (χ3n) is 2.67. The number of amides is 1. The number of nitrogens with zero attached hydrogens (tertiary/aromatic N) is 1. The fourth-order valence-electron chi connectivity index (χ4n) is 1.66. The van der Waals surface area contributed by atoms with Gasteiger partial charge in [-0.2, -0.15) is 0 Å². The minimum Gasteiger partial charge on any atom is -0.382 e. The molecule has 7 nitrogen and oxygen atoms in total. The minimum absolute atomic E-state index is 0.155. The zero-order valence-corrected chi connectivity index (χ0v) is 12.2. The van der Waals surface area contributed by atoms with Gasteiger partial charge in [-0.15, -0.1) is 0 Å². The first kappa shape index (κ1) is 16.1. The van der Waals surface area contributed by atoms with Gasteiger partial charge in [-0.25, -0.2) is 0 Å². The zero-order valence-electron chi connectivity index (χ0n) is 11.3. The molecule has 0 aromatic heterocycles. The van der Waals surface area contributed by atoms with E-state index in [4.69, 9.17) is 0 Å². The first-order valence-corrected chi connectivity index (χ1v) is 7.58. The summed E-state index contributed by atoms with van der Waals surface area (Å²) in [6.07, 6.45) is 0. The van der Waals surface area contributed by atoms with Crippen LogP contribution < -0.4 is 10.6 Å². The third-order valence-corrected chi connectivity index (χ3v) is 3.97. The number of nitro benzene ring substituents is 1. The monoisotopic (exact) mass is 299 g/mol. The van der Waals surface area contributed by atoms with Crippen LogP contribution in [-0.4, -0.2) is 40.1 Å². The maximum absolute atomic E-state index is 12.0. The van der Waals surface area contributed by atoms with E-state index in [2.05, 4.69) is 10.6 Å². The molecule has 0 aliphatic carbocycles. The molecule has 0 aliphatic rings. The second kappa shape index (κ2) is 7.59. The van der Waals surface area contributed by atoms with Crippen molar-refractivity contribution in [3.63, 3.8) is 0 Å². The summed E-state index contributed by atoms with van der Waals surface area (Å²) in [7, 11) is 0.562. The number of carbonyl (C=O) groups is 1. The summed E-state index contributed by atoms with van der Waals surface area (Å²) >= 11 is 0. The summed E-state index contributed by atoms with van der Waals surface area (Å²) < 4.78 is 11.3. The molecule has 1 aromatic carbocycles. The Hall–Kier alpha value is -1.96. The van der Waals surface area contributed by atoms with E-state index in [1.54, 1.807) is 6.92 Å². The lowest BCUT2D eigenvalue weighted by molar-refractivity contribution is -0.384. The molecule has 1 unspecified atom stereocenters. The van der Waals surface area contributed by atoms with Crippen molar-refractivity contribution >= 4 is 28.1 Å². The maximum Gasteiger partial charge on any atom is 0.293 e. The van der Waals surface area contributed by atoms with Gasteiger partial charge in [-0.3, -0.25) is 19.1 Å². The number of hydrogen-bond donors (Lipinski definition) is 2. The molecule has 0 aliphatic heterocycles. The molecule has 0 spiro atoms. The van der Waals surface area contributed by atoms with E-state index in [9.17, 15) is 19.1 Å². The van der Waals surface area contributed by atoms with Crippen molar-refractivity contribution in [2.75, 3.05) is 30.4 Å². The number of para-hydroxylation sites is 1. The Balaban J connectivity index is 2.85. The van der Waals surface area contributed by atoms with Gasteiger partial charge in [-0.1, -0.05) is 13.0 Å². The maximum atomic E-state index is 12.0. The van der Waals surface area contributed by atoms with Crippen LogP contribution in [0.3, 0.4) is 0 Å². The van der Waals surface area contributed by atoms with Crippen LogP contribution in [0.25, 0.3) is 0 Å². The molecular formula is C12H17N3O4S. The Kier molecular flexibility index (Phi) is 6.10. The van der Waals surface area contributed by atoms with Gasteiger partial charge >= 0.3 is 0 Å².